The Balaban J connectivity index is 2.18. The van der Waals surface area contributed by atoms with Crippen molar-refractivity contribution in [3.63, 3.8) is 0 Å². The van der Waals surface area contributed by atoms with E-state index in [1.807, 2.05) is 0 Å². The van der Waals surface area contributed by atoms with Crippen molar-refractivity contribution >= 4 is 0 Å². The molecule has 1 fully saturated rings. The Labute approximate surface area is 109 Å². The zero-order valence-electron chi connectivity index (χ0n) is 11.8. The molecule has 4 heteroatoms. The van der Waals surface area contributed by atoms with E-state index < -0.39 is 0 Å². The third kappa shape index (κ3) is 2.91. The highest BCUT2D eigenvalue weighted by atomic mass is 16.3. The normalized spacial score (nSPS) is 24.7. The van der Waals surface area contributed by atoms with Crippen molar-refractivity contribution in [1.82, 2.24) is 14.8 Å². The molecule has 18 heavy (non-hydrogen) atoms. The molecule has 4 nitrogen and oxygen atoms in total. The average Bonchev–Trinajstić information content (AvgIpc) is 2.72. The summed E-state index contributed by atoms with van der Waals surface area (Å²) in [7, 11) is 0. The highest BCUT2D eigenvalue weighted by molar-refractivity contribution is 5.03. The van der Waals surface area contributed by atoms with Gasteiger partial charge < -0.3 is 9.67 Å². The molecule has 102 valence electrons. The number of aromatic nitrogens is 3. The van der Waals surface area contributed by atoms with Crippen molar-refractivity contribution in [3.8, 4) is 0 Å². The van der Waals surface area contributed by atoms with Crippen molar-refractivity contribution in [1.29, 1.82) is 0 Å². The van der Waals surface area contributed by atoms with Gasteiger partial charge in [-0.15, -0.1) is 10.2 Å². The molecule has 1 saturated carbocycles. The van der Waals surface area contributed by atoms with E-state index in [2.05, 4.69) is 35.5 Å². The standard InChI is InChI=1S/C14H25N3O/c1-10(2)8-17-13(9-18)15-16-14(17)12-6-4-11(3)5-7-12/h10-12,18H,4-9H2,1-3H3. The lowest BCUT2D eigenvalue weighted by Crippen LogP contribution is -2.18. The number of aliphatic hydroxyl groups excluding tert-OH is 1. The lowest BCUT2D eigenvalue weighted by Gasteiger charge is -2.26. The number of hydrogen-bond acceptors (Lipinski definition) is 3. The summed E-state index contributed by atoms with van der Waals surface area (Å²) in [6.07, 6.45) is 4.99. The molecule has 0 aliphatic heterocycles. The van der Waals surface area contributed by atoms with E-state index in [-0.39, 0.29) is 6.61 Å². The van der Waals surface area contributed by atoms with Crippen LogP contribution in [0.3, 0.4) is 0 Å². The van der Waals surface area contributed by atoms with Crippen LogP contribution in [0, 0.1) is 11.8 Å². The van der Waals surface area contributed by atoms with Crippen molar-refractivity contribution in [3.05, 3.63) is 11.6 Å². The Morgan fingerprint density at radius 3 is 2.44 bits per heavy atom. The molecular weight excluding hydrogens is 226 g/mol. The molecule has 1 N–H and O–H groups in total. The van der Waals surface area contributed by atoms with E-state index in [4.69, 9.17) is 0 Å². The topological polar surface area (TPSA) is 50.9 Å². The van der Waals surface area contributed by atoms with Gasteiger partial charge >= 0.3 is 0 Å². The van der Waals surface area contributed by atoms with Crippen LogP contribution in [-0.4, -0.2) is 19.9 Å². The Morgan fingerprint density at radius 2 is 1.89 bits per heavy atom. The molecule has 0 spiro atoms. The van der Waals surface area contributed by atoms with E-state index in [0.717, 1.165) is 24.1 Å². The third-order valence-electron chi connectivity index (χ3n) is 3.93. The predicted molar refractivity (Wildman–Crippen MR) is 71.2 cm³/mol. The molecule has 0 bridgehead atoms. The second-order valence-corrected chi connectivity index (χ2v) is 6.09. The first-order valence-corrected chi connectivity index (χ1v) is 7.14. The number of nitrogens with zero attached hydrogens (tertiary/aromatic N) is 3. The van der Waals surface area contributed by atoms with Crippen molar-refractivity contribution in [2.45, 2.75) is 65.5 Å². The van der Waals surface area contributed by atoms with Gasteiger partial charge in [0.15, 0.2) is 5.82 Å². The monoisotopic (exact) mass is 251 g/mol. The number of rotatable bonds is 4. The smallest absolute Gasteiger partial charge is 0.158 e. The Kier molecular flexibility index (Phi) is 4.38. The largest absolute Gasteiger partial charge is 0.388 e. The summed E-state index contributed by atoms with van der Waals surface area (Å²) < 4.78 is 2.14. The summed E-state index contributed by atoms with van der Waals surface area (Å²) in [4.78, 5) is 0. The van der Waals surface area contributed by atoms with Crippen LogP contribution in [0.2, 0.25) is 0 Å². The summed E-state index contributed by atoms with van der Waals surface area (Å²) in [6, 6.07) is 0. The SMILES string of the molecule is CC(C)Cn1c(CO)nnc1C1CCC(C)CC1. The van der Waals surface area contributed by atoms with Crippen LogP contribution in [0.4, 0.5) is 0 Å². The maximum Gasteiger partial charge on any atom is 0.158 e. The first-order chi connectivity index (χ1) is 8.61. The molecule has 0 radical (unpaired) electrons. The molecular formula is C14H25N3O. The molecule has 1 aromatic rings. The van der Waals surface area contributed by atoms with E-state index in [9.17, 15) is 5.11 Å². The van der Waals surface area contributed by atoms with Gasteiger partial charge in [-0.1, -0.05) is 33.6 Å². The van der Waals surface area contributed by atoms with Crippen LogP contribution in [0.5, 0.6) is 0 Å². The van der Waals surface area contributed by atoms with Crippen LogP contribution in [0.25, 0.3) is 0 Å². The molecule has 2 rings (SSSR count). The van der Waals surface area contributed by atoms with Gasteiger partial charge in [0.2, 0.25) is 0 Å². The van der Waals surface area contributed by atoms with Crippen LogP contribution in [0.1, 0.15) is 64.0 Å². The molecule has 1 aromatic heterocycles. The van der Waals surface area contributed by atoms with Gasteiger partial charge in [-0.2, -0.15) is 0 Å². The molecule has 1 aliphatic carbocycles. The van der Waals surface area contributed by atoms with Gasteiger partial charge in [-0.3, -0.25) is 0 Å². The summed E-state index contributed by atoms with van der Waals surface area (Å²) >= 11 is 0. The van der Waals surface area contributed by atoms with E-state index in [1.54, 1.807) is 0 Å². The van der Waals surface area contributed by atoms with Gasteiger partial charge in [0.05, 0.1) is 0 Å². The first-order valence-electron chi connectivity index (χ1n) is 7.14. The Morgan fingerprint density at radius 1 is 1.22 bits per heavy atom. The van der Waals surface area contributed by atoms with Crippen LogP contribution in [0.15, 0.2) is 0 Å². The minimum atomic E-state index is -0.0111. The fourth-order valence-electron chi connectivity index (χ4n) is 2.85. The van der Waals surface area contributed by atoms with Gasteiger partial charge in [0.25, 0.3) is 0 Å². The third-order valence-corrected chi connectivity index (χ3v) is 3.93. The summed E-state index contributed by atoms with van der Waals surface area (Å²) in [5.41, 5.74) is 0. The van der Waals surface area contributed by atoms with E-state index in [1.165, 1.54) is 25.7 Å². The quantitative estimate of drug-likeness (QED) is 0.895. The molecule has 0 amide bonds. The summed E-state index contributed by atoms with van der Waals surface area (Å²) in [5, 5.41) is 17.8. The summed E-state index contributed by atoms with van der Waals surface area (Å²) in [6.45, 7) is 7.60. The molecule has 0 unspecified atom stereocenters. The van der Waals surface area contributed by atoms with E-state index in [0.29, 0.717) is 11.8 Å². The number of aliphatic hydroxyl groups is 1. The summed E-state index contributed by atoms with van der Waals surface area (Å²) in [5.74, 6) is 3.75. The minimum Gasteiger partial charge on any atom is -0.388 e. The molecule has 0 saturated heterocycles. The van der Waals surface area contributed by atoms with Crippen LogP contribution in [-0.2, 0) is 13.2 Å². The highest BCUT2D eigenvalue weighted by Crippen LogP contribution is 2.35. The fraction of sp³-hybridized carbons (Fsp3) is 0.857. The van der Waals surface area contributed by atoms with Gasteiger partial charge in [-0.05, 0) is 24.7 Å². The zero-order chi connectivity index (χ0) is 13.1. The molecule has 0 aromatic carbocycles. The average molecular weight is 251 g/mol. The molecule has 1 aliphatic rings. The minimum absolute atomic E-state index is 0.0111. The highest BCUT2D eigenvalue weighted by Gasteiger charge is 2.25. The van der Waals surface area contributed by atoms with Crippen molar-refractivity contribution in [2.24, 2.45) is 11.8 Å². The zero-order valence-corrected chi connectivity index (χ0v) is 11.8. The van der Waals surface area contributed by atoms with Gasteiger partial charge in [0, 0.05) is 12.5 Å². The van der Waals surface area contributed by atoms with E-state index >= 15 is 0 Å². The molecule has 0 atom stereocenters. The molecule has 1 heterocycles. The Bertz CT molecular complexity index is 378. The predicted octanol–water partition coefficient (Wildman–Crippen LogP) is 2.72. The number of hydrogen-bond donors (Lipinski definition) is 1. The van der Waals surface area contributed by atoms with Crippen LogP contribution < -0.4 is 0 Å². The second-order valence-electron chi connectivity index (χ2n) is 6.09. The van der Waals surface area contributed by atoms with Gasteiger partial charge in [-0.25, -0.2) is 0 Å². The van der Waals surface area contributed by atoms with Crippen molar-refractivity contribution in [2.75, 3.05) is 0 Å². The second kappa shape index (κ2) is 5.83. The maximum atomic E-state index is 9.36. The fourth-order valence-corrected chi connectivity index (χ4v) is 2.85. The van der Waals surface area contributed by atoms with Crippen LogP contribution >= 0.6 is 0 Å². The maximum absolute atomic E-state index is 9.36. The lowest BCUT2D eigenvalue weighted by molar-refractivity contribution is 0.259. The Hall–Kier alpha value is -0.900. The van der Waals surface area contributed by atoms with Gasteiger partial charge in [0.1, 0.15) is 12.4 Å². The first kappa shape index (κ1) is 13.5. The van der Waals surface area contributed by atoms with Crippen molar-refractivity contribution < 1.29 is 5.11 Å². The lowest BCUT2D eigenvalue weighted by atomic mass is 9.82.